The number of methoxy groups -OCH3 is 1. The van der Waals surface area contributed by atoms with Gasteiger partial charge in [-0.15, -0.1) is 11.3 Å². The van der Waals surface area contributed by atoms with Crippen molar-refractivity contribution in [1.29, 1.82) is 0 Å². The number of carbonyl (C=O) groups is 1. The van der Waals surface area contributed by atoms with Crippen LogP contribution in [0.2, 0.25) is 0 Å². The number of nitrogens with one attached hydrogen (secondary N) is 1. The van der Waals surface area contributed by atoms with Gasteiger partial charge in [0.1, 0.15) is 41.3 Å². The Bertz CT molecular complexity index is 2220. The van der Waals surface area contributed by atoms with Crippen LogP contribution in [-0.4, -0.2) is 90.5 Å². The van der Waals surface area contributed by atoms with E-state index in [1.807, 2.05) is 21.8 Å². The molecule has 1 N–H and O–H groups in total. The van der Waals surface area contributed by atoms with E-state index in [0.717, 1.165) is 17.6 Å². The average Bonchev–Trinajstić information content (AvgIpc) is 3.85. The summed E-state index contributed by atoms with van der Waals surface area (Å²) >= 11 is 1.39. The lowest BCUT2D eigenvalue weighted by Gasteiger charge is -2.30. The Balaban J connectivity index is 1.21. The van der Waals surface area contributed by atoms with Crippen molar-refractivity contribution in [3.05, 3.63) is 71.5 Å². The Morgan fingerprint density at radius 1 is 1.04 bits per heavy atom. The molecule has 0 saturated carbocycles. The second kappa shape index (κ2) is 11.6. The molecule has 1 amide bonds. The summed E-state index contributed by atoms with van der Waals surface area (Å²) < 4.78 is 52.4. The molecule has 8 rings (SSSR count). The van der Waals surface area contributed by atoms with Crippen molar-refractivity contribution in [1.82, 2.24) is 39.2 Å². The molecule has 16 heteroatoms. The molecule has 2 aromatic carbocycles. The fourth-order valence-electron chi connectivity index (χ4n) is 6.77. The summed E-state index contributed by atoms with van der Waals surface area (Å²) in [5.41, 5.74) is 2.83. The number of anilines is 2. The van der Waals surface area contributed by atoms with Gasteiger partial charge in [0.2, 0.25) is 5.91 Å². The molecule has 4 aromatic heterocycles. The first kappa shape index (κ1) is 30.3. The molecular weight excluding hydrogens is 645 g/mol. The highest BCUT2D eigenvalue weighted by Gasteiger charge is 2.41. The van der Waals surface area contributed by atoms with Crippen molar-refractivity contribution < 1.29 is 22.7 Å². The molecule has 48 heavy (non-hydrogen) atoms. The number of likely N-dealkylation sites (N-methyl/N-ethyl adjacent to an activating group) is 1. The van der Waals surface area contributed by atoms with Crippen molar-refractivity contribution >= 4 is 50.3 Å². The van der Waals surface area contributed by atoms with Crippen LogP contribution >= 0.6 is 11.3 Å². The molecule has 2 aliphatic rings. The van der Waals surface area contributed by atoms with Crippen LogP contribution in [0.1, 0.15) is 12.2 Å². The number of amides is 1. The molecule has 1 fully saturated rings. The molecule has 12 nitrogen and oxygen atoms in total. The Morgan fingerprint density at radius 2 is 1.90 bits per heavy atom. The molecule has 0 aliphatic carbocycles. The minimum absolute atomic E-state index is 0.0304. The molecule has 3 atom stereocenters. The summed E-state index contributed by atoms with van der Waals surface area (Å²) in [6, 6.07) is 5.27. The van der Waals surface area contributed by atoms with E-state index >= 15 is 0 Å². The minimum Gasteiger partial charge on any atom is -0.378 e. The maximum Gasteiger partial charge on any atom is 0.245 e. The van der Waals surface area contributed by atoms with E-state index in [1.54, 1.807) is 19.1 Å². The summed E-state index contributed by atoms with van der Waals surface area (Å²) in [4.78, 5) is 36.2. The maximum absolute atomic E-state index is 14.8. The van der Waals surface area contributed by atoms with Gasteiger partial charge in [-0.1, -0.05) is 0 Å². The Hall–Kier alpha value is -5.09. The third-order valence-corrected chi connectivity index (χ3v) is 9.79. The highest BCUT2D eigenvalue weighted by atomic mass is 32.1. The second-order valence-corrected chi connectivity index (χ2v) is 12.9. The molecule has 4 bridgehead atoms. The number of ether oxygens (including phenoxy) is 1. The van der Waals surface area contributed by atoms with E-state index in [0.29, 0.717) is 64.1 Å². The topological polar surface area (TPSA) is 119 Å². The predicted molar refractivity (Wildman–Crippen MR) is 174 cm³/mol. The summed E-state index contributed by atoms with van der Waals surface area (Å²) in [7, 11) is 3.34. The largest absolute Gasteiger partial charge is 0.378 e. The summed E-state index contributed by atoms with van der Waals surface area (Å²) in [6.07, 6.45) is 2.87. The number of rotatable bonds is 3. The smallest absolute Gasteiger partial charge is 0.245 e. The Kier molecular flexibility index (Phi) is 7.28. The van der Waals surface area contributed by atoms with Crippen molar-refractivity contribution in [2.24, 2.45) is 0 Å². The van der Waals surface area contributed by atoms with E-state index in [4.69, 9.17) is 9.72 Å². The first-order valence-electron chi connectivity index (χ1n) is 15.3. The number of imidazole rings is 1. The minimum atomic E-state index is -0.791. The molecular formula is C32H29F3N10O2S. The Labute approximate surface area is 275 Å². The van der Waals surface area contributed by atoms with Crippen molar-refractivity contribution in [3.8, 4) is 16.9 Å². The van der Waals surface area contributed by atoms with Crippen LogP contribution in [0.25, 0.3) is 39.0 Å². The van der Waals surface area contributed by atoms with Crippen LogP contribution in [0.4, 0.5) is 24.1 Å². The lowest BCUT2D eigenvalue weighted by atomic mass is 10.1. The van der Waals surface area contributed by atoms with Crippen LogP contribution in [-0.2, 0) is 16.1 Å². The average molecular weight is 675 g/mol. The van der Waals surface area contributed by atoms with Gasteiger partial charge in [-0.25, -0.2) is 37.8 Å². The molecule has 0 unspecified atom stereocenters. The van der Waals surface area contributed by atoms with Gasteiger partial charge in [0.15, 0.2) is 16.6 Å². The van der Waals surface area contributed by atoms with E-state index in [-0.39, 0.29) is 24.2 Å². The first-order valence-corrected chi connectivity index (χ1v) is 16.1. The number of aromatic nitrogens is 7. The van der Waals surface area contributed by atoms with Gasteiger partial charge >= 0.3 is 0 Å². The SMILES string of the molecule is CO[C@H]1CN(C)C(=O)[C@@H]2C[C@@H](CN2c2ncnc3c2cnn3-c2ccc(F)cc2F)Nc2nc(cs2)-c2cc(F)cc3nc(C)n(c23)C1. The van der Waals surface area contributed by atoms with Crippen LogP contribution in [0.15, 0.2) is 48.2 Å². The lowest BCUT2D eigenvalue weighted by Crippen LogP contribution is -2.47. The molecule has 0 spiro atoms. The van der Waals surface area contributed by atoms with Crippen LogP contribution in [0.3, 0.4) is 0 Å². The number of nitrogens with zero attached hydrogens (tertiary/aromatic N) is 9. The summed E-state index contributed by atoms with van der Waals surface area (Å²) in [5.74, 6) is -0.912. The monoisotopic (exact) mass is 674 g/mol. The molecule has 0 radical (unpaired) electrons. The predicted octanol–water partition coefficient (Wildman–Crippen LogP) is 4.56. The standard InChI is InChI=1S/C32H29F3N10O2S/c1-16-39-24-8-18(34)6-21-25-14-48-32(41-25)40-19-9-27(31(46)42(2)12-20(47-3)13-43(16)28(21)24)44(11-19)29-22-10-38-45(30(22)37-15-36-29)26-5-4-17(33)7-23(26)35/h4-8,10,14-15,19-20,27H,9,11-13H2,1-3H3,(H,40,41)/t19-,20-,27-/m0/s1. The highest BCUT2D eigenvalue weighted by molar-refractivity contribution is 7.14. The summed E-state index contributed by atoms with van der Waals surface area (Å²) in [5, 5.41) is 10.8. The highest BCUT2D eigenvalue weighted by Crippen LogP contribution is 2.36. The number of fused-ring (bicyclic) bond motifs is 6. The number of hydrogen-bond acceptors (Lipinski definition) is 10. The Morgan fingerprint density at radius 3 is 2.71 bits per heavy atom. The number of aryl methyl sites for hydroxylation is 1. The quantitative estimate of drug-likeness (QED) is 0.288. The van der Waals surface area contributed by atoms with E-state index in [9.17, 15) is 18.0 Å². The zero-order chi connectivity index (χ0) is 33.3. The van der Waals surface area contributed by atoms with Gasteiger partial charge in [0.05, 0.1) is 41.0 Å². The molecule has 246 valence electrons. The summed E-state index contributed by atoms with van der Waals surface area (Å²) in [6.45, 7) is 2.88. The van der Waals surface area contributed by atoms with E-state index in [1.165, 1.54) is 46.7 Å². The normalized spacial score (nSPS) is 20.0. The number of benzene rings is 2. The van der Waals surface area contributed by atoms with Crippen molar-refractivity contribution in [2.75, 3.05) is 37.5 Å². The third kappa shape index (κ3) is 5.02. The van der Waals surface area contributed by atoms with Crippen molar-refractivity contribution in [3.63, 3.8) is 0 Å². The van der Waals surface area contributed by atoms with Crippen LogP contribution in [0.5, 0.6) is 0 Å². The van der Waals surface area contributed by atoms with Gasteiger partial charge in [-0.2, -0.15) is 5.10 Å². The fraction of sp³-hybridized carbons (Fsp3) is 0.312. The number of hydrogen-bond donors (Lipinski definition) is 1. The number of carbonyl (C=O) groups excluding carboxylic acids is 1. The fourth-order valence-corrected chi connectivity index (χ4v) is 7.55. The number of halogens is 3. The van der Waals surface area contributed by atoms with E-state index in [2.05, 4.69) is 25.4 Å². The lowest BCUT2D eigenvalue weighted by molar-refractivity contribution is -0.132. The molecule has 6 heterocycles. The third-order valence-electron chi connectivity index (χ3n) is 9.02. The van der Waals surface area contributed by atoms with Gasteiger partial charge in [-0.3, -0.25) is 4.79 Å². The number of thiazole rings is 1. The van der Waals surface area contributed by atoms with Gasteiger partial charge in [-0.05, 0) is 31.5 Å². The van der Waals surface area contributed by atoms with Gasteiger partial charge in [0, 0.05) is 56.4 Å². The van der Waals surface area contributed by atoms with Crippen LogP contribution in [0, 0.1) is 24.4 Å². The zero-order valence-corrected chi connectivity index (χ0v) is 26.9. The maximum atomic E-state index is 14.8. The molecule has 2 aliphatic heterocycles. The molecule has 1 saturated heterocycles. The van der Waals surface area contributed by atoms with Crippen LogP contribution < -0.4 is 10.2 Å². The van der Waals surface area contributed by atoms with Gasteiger partial charge < -0.3 is 24.4 Å². The van der Waals surface area contributed by atoms with Gasteiger partial charge in [0.25, 0.3) is 0 Å². The first-order chi connectivity index (χ1) is 23.2. The van der Waals surface area contributed by atoms with Crippen molar-refractivity contribution in [2.45, 2.75) is 38.1 Å². The molecule has 6 aromatic rings. The zero-order valence-electron chi connectivity index (χ0n) is 26.1. The second-order valence-electron chi connectivity index (χ2n) is 12.0. The van der Waals surface area contributed by atoms with E-state index < -0.39 is 29.6 Å².